The maximum absolute atomic E-state index is 11.8. The topological polar surface area (TPSA) is 81.6 Å². The zero-order chi connectivity index (χ0) is 13.4. The van der Waals surface area contributed by atoms with Gasteiger partial charge in [-0.15, -0.1) is 0 Å². The van der Waals surface area contributed by atoms with Gasteiger partial charge < -0.3 is 19.9 Å². The number of hydrogen-bond acceptors (Lipinski definition) is 5. The smallest absolute Gasteiger partial charge is 0.230 e. The molecule has 1 amide bonds. The zero-order valence-electron chi connectivity index (χ0n) is 10.4. The van der Waals surface area contributed by atoms with E-state index in [0.717, 1.165) is 11.3 Å². The van der Waals surface area contributed by atoms with Crippen molar-refractivity contribution in [1.29, 1.82) is 0 Å². The van der Waals surface area contributed by atoms with Gasteiger partial charge in [0, 0.05) is 7.05 Å². The van der Waals surface area contributed by atoms with Gasteiger partial charge in [0.2, 0.25) is 11.8 Å². The van der Waals surface area contributed by atoms with E-state index >= 15 is 0 Å². The number of nitrogen functional groups attached to an aromatic ring is 1. The van der Waals surface area contributed by atoms with Crippen LogP contribution in [0.15, 0.2) is 28.9 Å². The lowest BCUT2D eigenvalue weighted by Gasteiger charge is -2.17. The molecule has 0 saturated heterocycles. The van der Waals surface area contributed by atoms with Crippen molar-refractivity contribution in [2.24, 2.45) is 0 Å². The standard InChI is InChI=1S/C13H13N3O3/c1-16-10-6-8(9-7-15-19-13(9)14)2-3-11(10)18-5-4-12(16)17/h2-3,6-7H,4-5,14H2,1H3. The first-order valence-electron chi connectivity index (χ1n) is 5.91. The molecule has 19 heavy (non-hydrogen) atoms. The van der Waals surface area contributed by atoms with Gasteiger partial charge in [-0.25, -0.2) is 0 Å². The molecular weight excluding hydrogens is 246 g/mol. The van der Waals surface area contributed by atoms with E-state index in [0.29, 0.717) is 24.3 Å². The molecule has 2 N–H and O–H groups in total. The Labute approximate surface area is 109 Å². The van der Waals surface area contributed by atoms with E-state index in [-0.39, 0.29) is 11.8 Å². The number of anilines is 2. The normalized spacial score (nSPS) is 14.8. The number of rotatable bonds is 1. The Balaban J connectivity index is 2.10. The molecule has 6 heteroatoms. The Kier molecular flexibility index (Phi) is 2.63. The SMILES string of the molecule is CN1C(=O)CCOc2ccc(-c3cnoc3N)cc21. The molecule has 1 aromatic carbocycles. The third kappa shape index (κ3) is 1.91. The van der Waals surface area contributed by atoms with Gasteiger partial charge in [-0.05, 0) is 17.7 Å². The van der Waals surface area contributed by atoms with E-state index in [4.69, 9.17) is 15.0 Å². The fraction of sp³-hybridized carbons (Fsp3) is 0.231. The largest absolute Gasteiger partial charge is 0.491 e. The molecule has 2 heterocycles. The summed E-state index contributed by atoms with van der Waals surface area (Å²) in [6.45, 7) is 0.394. The van der Waals surface area contributed by atoms with Crippen molar-refractivity contribution in [2.45, 2.75) is 6.42 Å². The fourth-order valence-electron chi connectivity index (χ4n) is 2.08. The molecule has 0 aliphatic carbocycles. The van der Waals surface area contributed by atoms with E-state index in [1.807, 2.05) is 18.2 Å². The maximum Gasteiger partial charge on any atom is 0.230 e. The summed E-state index contributed by atoms with van der Waals surface area (Å²) < 4.78 is 10.4. The fourth-order valence-corrected chi connectivity index (χ4v) is 2.08. The average molecular weight is 259 g/mol. The highest BCUT2D eigenvalue weighted by Crippen LogP contribution is 2.36. The lowest BCUT2D eigenvalue weighted by atomic mass is 10.1. The van der Waals surface area contributed by atoms with E-state index in [9.17, 15) is 4.79 Å². The lowest BCUT2D eigenvalue weighted by molar-refractivity contribution is -0.118. The Morgan fingerprint density at radius 1 is 1.42 bits per heavy atom. The molecule has 0 spiro atoms. The first-order chi connectivity index (χ1) is 9.16. The summed E-state index contributed by atoms with van der Waals surface area (Å²) in [6.07, 6.45) is 1.92. The molecule has 0 unspecified atom stereocenters. The van der Waals surface area contributed by atoms with Crippen LogP contribution in [0.4, 0.5) is 11.6 Å². The van der Waals surface area contributed by atoms with E-state index in [1.165, 1.54) is 0 Å². The minimum Gasteiger partial charge on any atom is -0.491 e. The van der Waals surface area contributed by atoms with E-state index in [2.05, 4.69) is 5.16 Å². The second kappa shape index (κ2) is 4.31. The van der Waals surface area contributed by atoms with Gasteiger partial charge in [0.25, 0.3) is 0 Å². The molecule has 1 aliphatic rings. The van der Waals surface area contributed by atoms with Gasteiger partial charge in [-0.1, -0.05) is 11.2 Å². The number of nitrogens with two attached hydrogens (primary N) is 1. The number of hydrogen-bond donors (Lipinski definition) is 1. The van der Waals surface area contributed by atoms with Crippen molar-refractivity contribution in [3.63, 3.8) is 0 Å². The van der Waals surface area contributed by atoms with E-state index < -0.39 is 0 Å². The molecule has 0 fully saturated rings. The van der Waals surface area contributed by atoms with Crippen LogP contribution in [-0.4, -0.2) is 24.7 Å². The van der Waals surface area contributed by atoms with Crippen LogP contribution in [0.3, 0.4) is 0 Å². The number of carbonyl (C=O) groups is 1. The molecule has 1 aromatic heterocycles. The summed E-state index contributed by atoms with van der Waals surface area (Å²) in [6, 6.07) is 5.54. The Morgan fingerprint density at radius 2 is 2.26 bits per heavy atom. The number of carbonyl (C=O) groups excluding carboxylic acids is 1. The maximum atomic E-state index is 11.8. The van der Waals surface area contributed by atoms with Crippen LogP contribution in [0.2, 0.25) is 0 Å². The van der Waals surface area contributed by atoms with Gasteiger partial charge in [-0.3, -0.25) is 4.79 Å². The Morgan fingerprint density at radius 3 is 3.00 bits per heavy atom. The van der Waals surface area contributed by atoms with E-state index in [1.54, 1.807) is 18.1 Å². The number of aromatic nitrogens is 1. The Hall–Kier alpha value is -2.50. The second-order valence-corrected chi connectivity index (χ2v) is 4.34. The molecule has 0 saturated carbocycles. The number of nitrogens with zero attached hydrogens (tertiary/aromatic N) is 2. The summed E-state index contributed by atoms with van der Waals surface area (Å²) in [5.41, 5.74) is 7.96. The summed E-state index contributed by atoms with van der Waals surface area (Å²) in [5, 5.41) is 3.65. The first kappa shape index (κ1) is 11.6. The minimum atomic E-state index is 0.0224. The highest BCUT2D eigenvalue weighted by atomic mass is 16.5. The molecule has 98 valence electrons. The number of benzene rings is 1. The number of ether oxygens (including phenoxy) is 1. The van der Waals surface area contributed by atoms with Crippen LogP contribution in [-0.2, 0) is 4.79 Å². The minimum absolute atomic E-state index is 0.0224. The summed E-state index contributed by atoms with van der Waals surface area (Å²) in [4.78, 5) is 13.4. The summed E-state index contributed by atoms with van der Waals surface area (Å²) in [5.74, 6) is 0.963. The zero-order valence-corrected chi connectivity index (χ0v) is 10.4. The van der Waals surface area contributed by atoms with Crippen LogP contribution >= 0.6 is 0 Å². The molecule has 0 atom stereocenters. The highest BCUT2D eigenvalue weighted by molar-refractivity contribution is 5.96. The molecule has 0 bridgehead atoms. The van der Waals surface area contributed by atoms with Gasteiger partial charge in [-0.2, -0.15) is 0 Å². The van der Waals surface area contributed by atoms with Crippen molar-refractivity contribution >= 4 is 17.5 Å². The summed E-state index contributed by atoms with van der Waals surface area (Å²) in [7, 11) is 1.73. The van der Waals surface area contributed by atoms with Crippen molar-refractivity contribution in [3.8, 4) is 16.9 Å². The van der Waals surface area contributed by atoms with Gasteiger partial charge >= 0.3 is 0 Å². The van der Waals surface area contributed by atoms with Crippen molar-refractivity contribution in [2.75, 3.05) is 24.3 Å². The quantitative estimate of drug-likeness (QED) is 0.842. The van der Waals surface area contributed by atoms with Crippen LogP contribution in [0.5, 0.6) is 5.75 Å². The van der Waals surface area contributed by atoms with Crippen LogP contribution in [0, 0.1) is 0 Å². The number of amides is 1. The van der Waals surface area contributed by atoms with Gasteiger partial charge in [0.05, 0.1) is 30.5 Å². The lowest BCUT2D eigenvalue weighted by Crippen LogP contribution is -2.25. The van der Waals surface area contributed by atoms with Gasteiger partial charge in [0.15, 0.2) is 0 Å². The predicted octanol–water partition coefficient (Wildman–Crippen LogP) is 1.67. The van der Waals surface area contributed by atoms with Crippen LogP contribution < -0.4 is 15.4 Å². The van der Waals surface area contributed by atoms with Crippen LogP contribution in [0.1, 0.15) is 6.42 Å². The predicted molar refractivity (Wildman–Crippen MR) is 69.9 cm³/mol. The molecular formula is C13H13N3O3. The molecule has 2 aromatic rings. The number of fused-ring (bicyclic) bond motifs is 1. The molecule has 6 nitrogen and oxygen atoms in total. The van der Waals surface area contributed by atoms with Gasteiger partial charge in [0.1, 0.15) is 5.75 Å². The van der Waals surface area contributed by atoms with Crippen molar-refractivity contribution in [1.82, 2.24) is 5.16 Å². The molecule has 1 aliphatic heterocycles. The monoisotopic (exact) mass is 259 g/mol. The summed E-state index contributed by atoms with van der Waals surface area (Å²) >= 11 is 0. The third-order valence-electron chi connectivity index (χ3n) is 3.18. The third-order valence-corrected chi connectivity index (χ3v) is 3.18. The van der Waals surface area contributed by atoms with Crippen LogP contribution in [0.25, 0.3) is 11.1 Å². The average Bonchev–Trinajstić information content (AvgIpc) is 2.78. The molecule has 0 radical (unpaired) electrons. The molecule has 3 rings (SSSR count). The Bertz CT molecular complexity index is 636. The first-order valence-corrected chi connectivity index (χ1v) is 5.91. The second-order valence-electron chi connectivity index (χ2n) is 4.34. The van der Waals surface area contributed by atoms with Crippen molar-refractivity contribution in [3.05, 3.63) is 24.4 Å². The van der Waals surface area contributed by atoms with Crippen molar-refractivity contribution < 1.29 is 14.1 Å². The highest BCUT2D eigenvalue weighted by Gasteiger charge is 2.21.